The number of benzene rings is 2. The lowest BCUT2D eigenvalue weighted by Crippen LogP contribution is -2.37. The number of halogens is 1. The Morgan fingerprint density at radius 2 is 1.97 bits per heavy atom. The molecule has 3 aromatic rings. The molecule has 1 aliphatic rings. The minimum absolute atomic E-state index is 0.00963. The van der Waals surface area contributed by atoms with Gasteiger partial charge in [-0.05, 0) is 48.6 Å². The maximum absolute atomic E-state index is 13.5. The molecule has 0 radical (unpaired) electrons. The van der Waals surface area contributed by atoms with Crippen molar-refractivity contribution in [2.45, 2.75) is 56.8 Å². The normalized spacial score (nSPS) is 15.9. The van der Waals surface area contributed by atoms with Crippen LogP contribution in [0.15, 0.2) is 66.0 Å². The molecule has 0 bridgehead atoms. The van der Waals surface area contributed by atoms with Gasteiger partial charge in [-0.1, -0.05) is 55.8 Å². The zero-order valence-electron chi connectivity index (χ0n) is 20.6. The Bertz CT molecular complexity index is 1290. The molecule has 1 saturated heterocycles. The van der Waals surface area contributed by atoms with E-state index in [-0.39, 0.29) is 35.4 Å². The van der Waals surface area contributed by atoms with Crippen LogP contribution in [0.25, 0.3) is 0 Å². The predicted octanol–water partition coefficient (Wildman–Crippen LogP) is 4.99. The average molecular weight is 530 g/mol. The van der Waals surface area contributed by atoms with Gasteiger partial charge in [0.15, 0.2) is 0 Å². The maximum atomic E-state index is 13.5. The van der Waals surface area contributed by atoms with Crippen LogP contribution in [0.1, 0.15) is 48.3 Å². The molecule has 1 aromatic heterocycles. The van der Waals surface area contributed by atoms with E-state index in [0.717, 1.165) is 12.8 Å². The number of rotatable bonds is 10. The molecule has 0 saturated carbocycles. The molecular formula is C27H32ClN3O4S. The van der Waals surface area contributed by atoms with Gasteiger partial charge in [-0.3, -0.25) is 4.79 Å². The molecule has 1 amide bonds. The van der Waals surface area contributed by atoms with Crippen LogP contribution in [0, 0.1) is 5.92 Å². The van der Waals surface area contributed by atoms with Gasteiger partial charge in [0.2, 0.25) is 15.0 Å². The highest BCUT2D eigenvalue weighted by Gasteiger charge is 2.28. The smallest absolute Gasteiger partial charge is 0.254 e. The Balaban J connectivity index is 1.66. The second-order valence-electron chi connectivity index (χ2n) is 9.61. The van der Waals surface area contributed by atoms with Crippen LogP contribution in [-0.4, -0.2) is 48.0 Å². The molecule has 1 unspecified atom stereocenters. The van der Waals surface area contributed by atoms with Crippen molar-refractivity contribution in [3.8, 4) is 0 Å². The van der Waals surface area contributed by atoms with E-state index in [1.54, 1.807) is 52.1 Å². The van der Waals surface area contributed by atoms with Crippen molar-refractivity contribution in [3.05, 3.63) is 82.6 Å². The number of hydrogen-bond acceptors (Lipinski definition) is 5. The largest absolute Gasteiger partial charge is 0.376 e. The minimum atomic E-state index is -3.75. The first-order valence-electron chi connectivity index (χ1n) is 12.2. The van der Waals surface area contributed by atoms with E-state index in [1.807, 2.05) is 32.0 Å². The molecule has 2 heterocycles. The van der Waals surface area contributed by atoms with Gasteiger partial charge in [0.25, 0.3) is 5.91 Å². The lowest BCUT2D eigenvalue weighted by Gasteiger charge is -2.26. The van der Waals surface area contributed by atoms with E-state index in [2.05, 4.69) is 4.98 Å². The summed E-state index contributed by atoms with van der Waals surface area (Å²) in [7, 11) is -3.75. The Morgan fingerprint density at radius 3 is 2.64 bits per heavy atom. The van der Waals surface area contributed by atoms with Crippen molar-refractivity contribution >= 4 is 27.3 Å². The molecule has 0 N–H and O–H groups in total. The average Bonchev–Trinajstić information content (AvgIpc) is 3.49. The third-order valence-electron chi connectivity index (χ3n) is 6.08. The van der Waals surface area contributed by atoms with Crippen LogP contribution in [0.5, 0.6) is 0 Å². The van der Waals surface area contributed by atoms with Crippen LogP contribution in [0.2, 0.25) is 5.02 Å². The number of nitrogens with zero attached hydrogens (tertiary/aromatic N) is 3. The summed E-state index contributed by atoms with van der Waals surface area (Å²) in [6.45, 7) is 5.87. The van der Waals surface area contributed by atoms with Gasteiger partial charge in [-0.2, -0.15) is 0 Å². The standard InChI is InChI=1S/C27H32ClN3O4S/c1-20(2)16-31-24(15-29-27(31)36(33,34)19-21-8-6-11-23(28)14-21)17-30(18-25-12-7-13-35-25)26(32)22-9-4-3-5-10-22/h3-6,8-11,14-15,20,25H,7,12-13,16-19H2,1-2H3. The molecule has 2 aromatic carbocycles. The van der Waals surface area contributed by atoms with E-state index in [0.29, 0.717) is 41.5 Å². The van der Waals surface area contributed by atoms with Crippen molar-refractivity contribution in [1.29, 1.82) is 0 Å². The molecule has 0 aliphatic carbocycles. The zero-order valence-corrected chi connectivity index (χ0v) is 22.2. The molecule has 0 spiro atoms. The number of carbonyl (C=O) groups excluding carboxylic acids is 1. The first-order chi connectivity index (χ1) is 17.2. The summed E-state index contributed by atoms with van der Waals surface area (Å²) in [4.78, 5) is 19.5. The van der Waals surface area contributed by atoms with Gasteiger partial charge in [0.05, 0.1) is 30.3 Å². The van der Waals surface area contributed by atoms with Gasteiger partial charge >= 0.3 is 0 Å². The quantitative estimate of drug-likeness (QED) is 0.369. The Morgan fingerprint density at radius 1 is 1.19 bits per heavy atom. The third kappa shape index (κ3) is 6.55. The number of ether oxygens (including phenoxy) is 1. The number of amides is 1. The lowest BCUT2D eigenvalue weighted by atomic mass is 10.1. The monoisotopic (exact) mass is 529 g/mol. The van der Waals surface area contributed by atoms with Crippen molar-refractivity contribution in [2.75, 3.05) is 13.2 Å². The van der Waals surface area contributed by atoms with Crippen molar-refractivity contribution in [1.82, 2.24) is 14.5 Å². The topological polar surface area (TPSA) is 81.5 Å². The number of imidazole rings is 1. The van der Waals surface area contributed by atoms with Crippen LogP contribution in [0.4, 0.5) is 0 Å². The zero-order chi connectivity index (χ0) is 25.7. The van der Waals surface area contributed by atoms with Gasteiger partial charge < -0.3 is 14.2 Å². The first-order valence-corrected chi connectivity index (χ1v) is 14.2. The van der Waals surface area contributed by atoms with Crippen LogP contribution in [0.3, 0.4) is 0 Å². The van der Waals surface area contributed by atoms with E-state index in [1.165, 1.54) is 0 Å². The summed E-state index contributed by atoms with van der Waals surface area (Å²) in [5.74, 6) is -0.147. The van der Waals surface area contributed by atoms with Crippen LogP contribution >= 0.6 is 11.6 Å². The molecule has 4 rings (SSSR count). The van der Waals surface area contributed by atoms with Crippen LogP contribution in [-0.2, 0) is 33.4 Å². The summed E-state index contributed by atoms with van der Waals surface area (Å²) in [6.07, 6.45) is 3.40. The summed E-state index contributed by atoms with van der Waals surface area (Å²) in [5.41, 5.74) is 1.86. The predicted molar refractivity (Wildman–Crippen MR) is 140 cm³/mol. The van der Waals surface area contributed by atoms with E-state index >= 15 is 0 Å². The number of aromatic nitrogens is 2. The molecule has 192 valence electrons. The molecular weight excluding hydrogens is 498 g/mol. The van der Waals surface area contributed by atoms with Crippen molar-refractivity contribution in [3.63, 3.8) is 0 Å². The van der Waals surface area contributed by atoms with Crippen molar-refractivity contribution < 1.29 is 17.9 Å². The molecule has 1 aliphatic heterocycles. The fourth-order valence-electron chi connectivity index (χ4n) is 4.45. The van der Waals surface area contributed by atoms with E-state index in [9.17, 15) is 13.2 Å². The highest BCUT2D eigenvalue weighted by atomic mass is 35.5. The summed E-state index contributed by atoms with van der Waals surface area (Å²) >= 11 is 6.07. The Kier molecular flexibility index (Phi) is 8.49. The van der Waals surface area contributed by atoms with Crippen LogP contribution < -0.4 is 0 Å². The Labute approximate surface area is 218 Å². The van der Waals surface area contributed by atoms with E-state index < -0.39 is 9.84 Å². The fraction of sp³-hybridized carbons (Fsp3) is 0.407. The maximum Gasteiger partial charge on any atom is 0.254 e. The molecule has 9 heteroatoms. The summed E-state index contributed by atoms with van der Waals surface area (Å²) in [5, 5.41) is 0.494. The molecule has 36 heavy (non-hydrogen) atoms. The number of hydrogen-bond donors (Lipinski definition) is 0. The van der Waals surface area contributed by atoms with Gasteiger partial charge in [-0.25, -0.2) is 13.4 Å². The van der Waals surface area contributed by atoms with Crippen molar-refractivity contribution in [2.24, 2.45) is 5.92 Å². The number of carbonyl (C=O) groups is 1. The fourth-order valence-corrected chi connectivity index (χ4v) is 6.15. The van der Waals surface area contributed by atoms with E-state index in [4.69, 9.17) is 16.3 Å². The molecule has 1 atom stereocenters. The van der Waals surface area contributed by atoms with Gasteiger partial charge in [-0.15, -0.1) is 0 Å². The highest BCUT2D eigenvalue weighted by molar-refractivity contribution is 7.90. The second-order valence-corrected chi connectivity index (χ2v) is 11.9. The first kappa shape index (κ1) is 26.4. The second kappa shape index (κ2) is 11.6. The minimum Gasteiger partial charge on any atom is -0.376 e. The summed E-state index contributed by atoms with van der Waals surface area (Å²) in [6, 6.07) is 15.9. The highest BCUT2D eigenvalue weighted by Crippen LogP contribution is 2.23. The summed E-state index contributed by atoms with van der Waals surface area (Å²) < 4.78 is 34.4. The third-order valence-corrected chi connectivity index (χ3v) is 7.91. The molecule has 7 nitrogen and oxygen atoms in total. The number of sulfone groups is 1. The lowest BCUT2D eigenvalue weighted by molar-refractivity contribution is 0.0501. The SMILES string of the molecule is CC(C)Cn1c(CN(CC2CCCO2)C(=O)c2ccccc2)cnc1S(=O)(=O)Cc1cccc(Cl)c1. The van der Waals surface area contributed by atoms with Gasteiger partial charge in [0.1, 0.15) is 0 Å². The van der Waals surface area contributed by atoms with Gasteiger partial charge in [0, 0.05) is 30.3 Å². The molecule has 1 fully saturated rings. The Hall–Kier alpha value is -2.68.